The second kappa shape index (κ2) is 7.91. The molecule has 0 bridgehead atoms. The lowest BCUT2D eigenvalue weighted by atomic mass is 10.6. The van der Waals surface area contributed by atoms with Crippen LogP contribution in [0.1, 0.15) is 0 Å². The molecule has 0 fully saturated rings. The molecule has 0 heterocycles. The third-order valence-electron chi connectivity index (χ3n) is 0.408. The molecular weight excluding hydrogens is 186 g/mol. The summed E-state index contributed by atoms with van der Waals surface area (Å²) < 4.78 is 31.6. The highest BCUT2D eigenvalue weighted by Crippen LogP contribution is 1.59. The van der Waals surface area contributed by atoms with Crippen LogP contribution in [0.4, 0.5) is 0 Å². The highest BCUT2D eigenvalue weighted by Gasteiger charge is 1.84. The first-order valence-electron chi connectivity index (χ1n) is 2.56. The van der Waals surface area contributed by atoms with Crippen LogP contribution in [0, 0.1) is 22.7 Å². The van der Waals surface area contributed by atoms with Crippen molar-refractivity contribution in [3.05, 3.63) is 0 Å². The number of nitrogens with one attached hydrogen (secondary N) is 1. The third kappa shape index (κ3) is 68.1. The largest absolute Gasteiger partial charge is 0.394 e. The Morgan fingerprint density at radius 1 is 1.17 bits per heavy atom. The highest BCUT2D eigenvalue weighted by molar-refractivity contribution is 7.79. The molecule has 8 heteroatoms. The average Bonchev–Trinajstić information content (AvgIpc) is 1.85. The zero-order valence-electron chi connectivity index (χ0n) is 5.93. The Labute approximate surface area is 69.8 Å². The Morgan fingerprint density at radius 2 is 1.42 bits per heavy atom. The normalized spacial score (nSPS) is 8.67. The standard InChI is InChI=1S/C4H5N3.H2O4S/c5-1-3-7-4-2-6;1-5(2,3)4/h7H,3-4H2;(H2,1,2,3,4). The third-order valence-corrected chi connectivity index (χ3v) is 0.408. The van der Waals surface area contributed by atoms with Crippen molar-refractivity contribution in [3.8, 4) is 12.1 Å². The van der Waals surface area contributed by atoms with Crippen LogP contribution in [0.25, 0.3) is 0 Å². The monoisotopic (exact) mass is 193 g/mol. The highest BCUT2D eigenvalue weighted by atomic mass is 32.3. The molecule has 68 valence electrons. The summed E-state index contributed by atoms with van der Waals surface area (Å²) in [6, 6.07) is 3.68. The molecule has 0 aliphatic carbocycles. The Hall–Kier alpha value is -1.19. The van der Waals surface area contributed by atoms with Crippen molar-refractivity contribution in [2.24, 2.45) is 0 Å². The van der Waals surface area contributed by atoms with Gasteiger partial charge in [0.05, 0.1) is 25.2 Å². The Bertz CT molecular complexity index is 250. The zero-order chi connectivity index (χ0) is 10.0. The van der Waals surface area contributed by atoms with Crippen molar-refractivity contribution in [3.63, 3.8) is 0 Å². The summed E-state index contributed by atoms with van der Waals surface area (Å²) in [5.74, 6) is 0. The molecule has 0 saturated carbocycles. The first-order valence-corrected chi connectivity index (χ1v) is 3.96. The van der Waals surface area contributed by atoms with Gasteiger partial charge in [-0.15, -0.1) is 0 Å². The lowest BCUT2D eigenvalue weighted by molar-refractivity contribution is 0.381. The van der Waals surface area contributed by atoms with E-state index >= 15 is 0 Å². The first kappa shape index (κ1) is 13.4. The molecule has 0 aliphatic rings. The average molecular weight is 193 g/mol. The summed E-state index contributed by atoms with van der Waals surface area (Å²) in [6.45, 7) is 0.515. The summed E-state index contributed by atoms with van der Waals surface area (Å²) in [6.07, 6.45) is 0. The van der Waals surface area contributed by atoms with E-state index in [-0.39, 0.29) is 13.1 Å². The van der Waals surface area contributed by atoms with Crippen LogP contribution < -0.4 is 5.32 Å². The summed E-state index contributed by atoms with van der Waals surface area (Å²) >= 11 is 0. The number of nitriles is 2. The molecule has 3 N–H and O–H groups in total. The second-order valence-electron chi connectivity index (χ2n) is 1.37. The van der Waals surface area contributed by atoms with Gasteiger partial charge in [-0.05, 0) is 0 Å². The second-order valence-corrected chi connectivity index (χ2v) is 2.26. The molecule has 0 aromatic rings. The van der Waals surface area contributed by atoms with E-state index in [2.05, 4.69) is 5.32 Å². The summed E-state index contributed by atoms with van der Waals surface area (Å²) in [7, 11) is -4.67. The van der Waals surface area contributed by atoms with Gasteiger partial charge in [0.25, 0.3) is 0 Å². The van der Waals surface area contributed by atoms with E-state index in [4.69, 9.17) is 28.0 Å². The molecule has 0 aliphatic heterocycles. The molecule has 0 spiro atoms. The van der Waals surface area contributed by atoms with Gasteiger partial charge in [-0.25, -0.2) is 0 Å². The molecular formula is C4H7N3O4S. The molecule has 0 amide bonds. The minimum atomic E-state index is -4.67. The minimum absolute atomic E-state index is 0.258. The van der Waals surface area contributed by atoms with Gasteiger partial charge in [-0.1, -0.05) is 0 Å². The minimum Gasteiger partial charge on any atom is -0.292 e. The number of hydrogen-bond donors (Lipinski definition) is 3. The van der Waals surface area contributed by atoms with Crippen LogP contribution in [0.3, 0.4) is 0 Å². The fourth-order valence-corrected chi connectivity index (χ4v) is 0.174. The SMILES string of the molecule is N#CCNCC#N.O=S(=O)(O)O. The van der Waals surface area contributed by atoms with Crippen molar-refractivity contribution >= 4 is 10.4 Å². The van der Waals surface area contributed by atoms with Crippen molar-refractivity contribution in [2.45, 2.75) is 0 Å². The van der Waals surface area contributed by atoms with Gasteiger partial charge in [0, 0.05) is 0 Å². The number of rotatable bonds is 2. The molecule has 0 aromatic heterocycles. The molecule has 0 radical (unpaired) electrons. The molecule has 0 saturated heterocycles. The van der Waals surface area contributed by atoms with Crippen LogP contribution >= 0.6 is 0 Å². The van der Waals surface area contributed by atoms with E-state index in [0.29, 0.717) is 0 Å². The topological polar surface area (TPSA) is 134 Å². The van der Waals surface area contributed by atoms with Gasteiger partial charge < -0.3 is 0 Å². The Morgan fingerprint density at radius 3 is 1.58 bits per heavy atom. The molecule has 12 heavy (non-hydrogen) atoms. The van der Waals surface area contributed by atoms with E-state index in [0.717, 1.165) is 0 Å². The Balaban J connectivity index is 0. The molecule has 7 nitrogen and oxygen atoms in total. The van der Waals surface area contributed by atoms with Crippen LogP contribution in [0.2, 0.25) is 0 Å². The maximum atomic E-state index is 8.74. The zero-order valence-corrected chi connectivity index (χ0v) is 6.74. The number of nitrogens with zero attached hydrogens (tertiary/aromatic N) is 2. The van der Waals surface area contributed by atoms with E-state index in [1.807, 2.05) is 12.1 Å². The molecule has 0 rings (SSSR count). The van der Waals surface area contributed by atoms with Crippen LogP contribution in [-0.4, -0.2) is 30.6 Å². The fourth-order valence-electron chi connectivity index (χ4n) is 0.174. The lowest BCUT2D eigenvalue weighted by Crippen LogP contribution is -2.12. The van der Waals surface area contributed by atoms with Crippen LogP contribution in [0.15, 0.2) is 0 Å². The predicted octanol–water partition coefficient (Wildman–Crippen LogP) is -1.03. The van der Waals surface area contributed by atoms with Crippen molar-refractivity contribution in [2.75, 3.05) is 13.1 Å². The Kier molecular flexibility index (Phi) is 8.84. The van der Waals surface area contributed by atoms with Crippen molar-refractivity contribution < 1.29 is 17.5 Å². The maximum Gasteiger partial charge on any atom is 0.394 e. The predicted molar refractivity (Wildman–Crippen MR) is 38.3 cm³/mol. The van der Waals surface area contributed by atoms with Gasteiger partial charge in [0.15, 0.2) is 0 Å². The summed E-state index contributed by atoms with van der Waals surface area (Å²) in [5, 5.41) is 18.3. The quantitative estimate of drug-likeness (QED) is 0.290. The summed E-state index contributed by atoms with van der Waals surface area (Å²) in [4.78, 5) is 0. The fraction of sp³-hybridized carbons (Fsp3) is 0.500. The van der Waals surface area contributed by atoms with Crippen molar-refractivity contribution in [1.82, 2.24) is 5.32 Å². The first-order chi connectivity index (χ1) is 5.41. The van der Waals surface area contributed by atoms with E-state index in [9.17, 15) is 0 Å². The molecule has 0 unspecified atom stereocenters. The number of hydrogen-bond acceptors (Lipinski definition) is 5. The molecule has 0 atom stereocenters. The summed E-state index contributed by atoms with van der Waals surface area (Å²) in [5.41, 5.74) is 0. The smallest absolute Gasteiger partial charge is 0.292 e. The van der Waals surface area contributed by atoms with E-state index < -0.39 is 10.4 Å². The van der Waals surface area contributed by atoms with Gasteiger partial charge in [-0.2, -0.15) is 18.9 Å². The molecule has 0 aromatic carbocycles. The van der Waals surface area contributed by atoms with E-state index in [1.165, 1.54) is 0 Å². The van der Waals surface area contributed by atoms with Gasteiger partial charge in [0.2, 0.25) is 0 Å². The van der Waals surface area contributed by atoms with Gasteiger partial charge in [-0.3, -0.25) is 14.4 Å². The van der Waals surface area contributed by atoms with Gasteiger partial charge >= 0.3 is 10.4 Å². The van der Waals surface area contributed by atoms with Crippen LogP contribution in [-0.2, 0) is 10.4 Å². The van der Waals surface area contributed by atoms with E-state index in [1.54, 1.807) is 0 Å². The van der Waals surface area contributed by atoms with Crippen molar-refractivity contribution in [1.29, 1.82) is 10.5 Å². The van der Waals surface area contributed by atoms with Gasteiger partial charge in [0.1, 0.15) is 0 Å². The lowest BCUT2D eigenvalue weighted by Gasteiger charge is -1.82. The maximum absolute atomic E-state index is 8.74. The van der Waals surface area contributed by atoms with Crippen LogP contribution in [0.5, 0.6) is 0 Å².